The summed E-state index contributed by atoms with van der Waals surface area (Å²) < 4.78 is 34.6. The van der Waals surface area contributed by atoms with Gasteiger partial charge in [-0.05, 0) is 124 Å². The van der Waals surface area contributed by atoms with Crippen molar-refractivity contribution in [1.29, 1.82) is 0 Å². The highest BCUT2D eigenvalue weighted by molar-refractivity contribution is 14.1. The van der Waals surface area contributed by atoms with E-state index in [1.54, 1.807) is 0 Å². The van der Waals surface area contributed by atoms with E-state index in [2.05, 4.69) is 32.9 Å². The maximum Gasteiger partial charge on any atom is 0.307 e. The van der Waals surface area contributed by atoms with Gasteiger partial charge < -0.3 is 33.1 Å². The molecule has 4 aromatic rings. The molecule has 0 fully saturated rings. The SMILES string of the molecule is CC(C)(C)OC(=O)C[C@H](CCCOCc1ccccc1)c1onc(C=O)c1I.CC(C)(C)OC(=O)C[C@H](CCCOCc1ccccc1)c1onc(CO)c1I. The average Bonchev–Trinajstić information content (AvgIpc) is 3.70. The number of carbonyl (C=O) groups is 3. The summed E-state index contributed by atoms with van der Waals surface area (Å²) in [5.74, 6) is 0.205. The summed E-state index contributed by atoms with van der Waals surface area (Å²) in [5, 5.41) is 17.1. The van der Waals surface area contributed by atoms with Crippen LogP contribution in [0.25, 0.3) is 0 Å². The van der Waals surface area contributed by atoms with Crippen molar-refractivity contribution in [3.8, 4) is 0 Å². The van der Waals surface area contributed by atoms with Crippen LogP contribution in [-0.2, 0) is 48.4 Å². The summed E-state index contributed by atoms with van der Waals surface area (Å²) in [6.07, 6.45) is 3.90. The molecule has 2 atom stereocenters. The zero-order valence-electron chi connectivity index (χ0n) is 33.1. The van der Waals surface area contributed by atoms with Gasteiger partial charge >= 0.3 is 11.9 Å². The molecule has 1 N–H and O–H groups in total. The molecule has 0 spiro atoms. The number of carbonyl (C=O) groups excluding carboxylic acids is 3. The van der Waals surface area contributed by atoms with Gasteiger partial charge in [-0.1, -0.05) is 71.0 Å². The summed E-state index contributed by atoms with van der Waals surface area (Å²) in [7, 11) is 0. The Bertz CT molecular complexity index is 1770. The van der Waals surface area contributed by atoms with E-state index in [0.717, 1.165) is 27.5 Å². The summed E-state index contributed by atoms with van der Waals surface area (Å²) in [6.45, 7) is 13.1. The van der Waals surface area contributed by atoms with Crippen molar-refractivity contribution < 1.29 is 47.5 Å². The van der Waals surface area contributed by atoms with Gasteiger partial charge in [-0.2, -0.15) is 0 Å². The van der Waals surface area contributed by atoms with Crippen molar-refractivity contribution >= 4 is 63.4 Å². The standard InChI is InChI=1S/C21H28INO5.C21H26INO5/c2*1-21(2,3)27-18(25)12-16(20-19(22)17(13-24)23-28-20)10-7-11-26-14-15-8-5-4-6-9-15/h4-6,8-9,16,24H,7,10-14H2,1-3H3;4-6,8-9,13,16H,7,10-12,14H2,1-3H3/t2*16-/m00/s1. The lowest BCUT2D eigenvalue weighted by Gasteiger charge is -2.21. The number of nitrogens with zero attached hydrogens (tertiary/aromatic N) is 2. The van der Waals surface area contributed by atoms with Gasteiger partial charge in [0.1, 0.15) is 16.9 Å². The molecule has 0 aliphatic rings. The molecule has 0 saturated carbocycles. The van der Waals surface area contributed by atoms with Crippen LogP contribution in [0.15, 0.2) is 69.7 Å². The number of hydrogen-bond acceptors (Lipinski definition) is 12. The number of aliphatic hydroxyl groups excluding tert-OH is 1. The first-order valence-electron chi connectivity index (χ1n) is 18.6. The van der Waals surface area contributed by atoms with Crippen LogP contribution in [0, 0.1) is 7.14 Å². The van der Waals surface area contributed by atoms with Gasteiger partial charge in [0.05, 0.1) is 39.8 Å². The molecular weight excluding hydrogens is 946 g/mol. The van der Waals surface area contributed by atoms with Crippen molar-refractivity contribution in [2.45, 2.75) is 123 Å². The number of aromatic nitrogens is 2. The van der Waals surface area contributed by atoms with Crippen molar-refractivity contribution in [3.63, 3.8) is 0 Å². The molecule has 2 heterocycles. The van der Waals surface area contributed by atoms with E-state index in [1.807, 2.05) is 125 Å². The number of halogens is 2. The van der Waals surface area contributed by atoms with Crippen LogP contribution in [0.5, 0.6) is 0 Å². The molecule has 0 unspecified atom stereocenters. The third-order valence-electron chi connectivity index (χ3n) is 7.98. The first-order valence-corrected chi connectivity index (χ1v) is 20.8. The summed E-state index contributed by atoms with van der Waals surface area (Å²) >= 11 is 4.13. The lowest BCUT2D eigenvalue weighted by molar-refractivity contribution is -0.156. The summed E-state index contributed by atoms with van der Waals surface area (Å²) in [4.78, 5) is 35.7. The minimum Gasteiger partial charge on any atom is -0.460 e. The molecule has 2 aromatic heterocycles. The van der Waals surface area contributed by atoms with Crippen LogP contribution in [0.3, 0.4) is 0 Å². The molecular formula is C42H54I2N2O10. The van der Waals surface area contributed by atoms with E-state index in [-0.39, 0.29) is 48.9 Å². The van der Waals surface area contributed by atoms with Crippen LogP contribution in [0.4, 0.5) is 0 Å². The Morgan fingerprint density at radius 3 is 1.52 bits per heavy atom. The molecule has 0 saturated heterocycles. The quantitative estimate of drug-likeness (QED) is 0.0387. The first kappa shape index (κ1) is 47.2. The minimum absolute atomic E-state index is 0.166. The first-order chi connectivity index (χ1) is 26.6. The van der Waals surface area contributed by atoms with E-state index in [4.69, 9.17) is 28.0 Å². The van der Waals surface area contributed by atoms with Crippen LogP contribution >= 0.6 is 45.2 Å². The van der Waals surface area contributed by atoms with E-state index < -0.39 is 11.2 Å². The molecule has 14 heteroatoms. The topological polar surface area (TPSA) is 160 Å². The number of esters is 2. The second kappa shape index (κ2) is 23.9. The normalized spacial score (nSPS) is 12.7. The van der Waals surface area contributed by atoms with E-state index in [9.17, 15) is 19.5 Å². The van der Waals surface area contributed by atoms with Crippen LogP contribution in [-0.4, -0.2) is 58.1 Å². The summed E-state index contributed by atoms with van der Waals surface area (Å²) in [6, 6.07) is 20.0. The second-order valence-electron chi connectivity index (χ2n) is 15.2. The Balaban J connectivity index is 0.000000300. The van der Waals surface area contributed by atoms with Gasteiger partial charge in [-0.15, -0.1) is 0 Å². The molecule has 12 nitrogen and oxygen atoms in total. The van der Waals surface area contributed by atoms with Gasteiger partial charge in [0.15, 0.2) is 23.5 Å². The van der Waals surface area contributed by atoms with Gasteiger partial charge in [-0.25, -0.2) is 0 Å². The van der Waals surface area contributed by atoms with E-state index >= 15 is 0 Å². The van der Waals surface area contributed by atoms with Gasteiger partial charge in [0, 0.05) is 25.0 Å². The van der Waals surface area contributed by atoms with Crippen LogP contribution in [0.2, 0.25) is 0 Å². The van der Waals surface area contributed by atoms with Gasteiger partial charge in [0.2, 0.25) is 0 Å². The Labute approximate surface area is 357 Å². The van der Waals surface area contributed by atoms with Crippen molar-refractivity contribution in [2.75, 3.05) is 13.2 Å². The number of rotatable bonds is 20. The fourth-order valence-corrected chi connectivity index (χ4v) is 7.10. The molecule has 0 radical (unpaired) electrons. The zero-order chi connectivity index (χ0) is 41.1. The lowest BCUT2D eigenvalue weighted by Crippen LogP contribution is -2.25. The fraction of sp³-hybridized carbons (Fsp3) is 0.500. The Kier molecular flexibility index (Phi) is 20.1. The largest absolute Gasteiger partial charge is 0.460 e. The Hall–Kier alpha value is -3.19. The molecule has 4 rings (SSSR count). The maximum absolute atomic E-state index is 12.3. The Morgan fingerprint density at radius 1 is 0.714 bits per heavy atom. The third-order valence-corrected chi connectivity index (χ3v) is 10.2. The molecule has 0 amide bonds. The van der Waals surface area contributed by atoms with Gasteiger partial charge in [-0.3, -0.25) is 14.4 Å². The molecule has 56 heavy (non-hydrogen) atoms. The van der Waals surface area contributed by atoms with Crippen molar-refractivity contribution in [2.24, 2.45) is 0 Å². The lowest BCUT2D eigenvalue weighted by atomic mass is 9.96. The Morgan fingerprint density at radius 2 is 1.14 bits per heavy atom. The molecule has 0 aliphatic carbocycles. The molecule has 306 valence electrons. The number of aliphatic hydroxyl groups is 1. The monoisotopic (exact) mass is 1000 g/mol. The number of hydrogen-bond donors (Lipinski definition) is 1. The maximum atomic E-state index is 12.3. The van der Waals surface area contributed by atoms with Crippen LogP contribution < -0.4 is 0 Å². The smallest absolute Gasteiger partial charge is 0.307 e. The zero-order valence-corrected chi connectivity index (χ0v) is 37.4. The fourth-order valence-electron chi connectivity index (χ4n) is 5.52. The van der Waals surface area contributed by atoms with Gasteiger partial charge in [0.25, 0.3) is 0 Å². The number of ether oxygens (including phenoxy) is 4. The van der Waals surface area contributed by atoms with Crippen LogP contribution in [0.1, 0.15) is 131 Å². The predicted octanol–water partition coefficient (Wildman–Crippen LogP) is 9.49. The highest BCUT2D eigenvalue weighted by Gasteiger charge is 2.29. The number of aldehydes is 1. The minimum atomic E-state index is -0.553. The highest BCUT2D eigenvalue weighted by Crippen LogP contribution is 2.33. The molecule has 2 aromatic carbocycles. The average molecular weight is 1000 g/mol. The predicted molar refractivity (Wildman–Crippen MR) is 227 cm³/mol. The summed E-state index contributed by atoms with van der Waals surface area (Å²) in [5.41, 5.74) is 1.91. The van der Waals surface area contributed by atoms with Crippen molar-refractivity contribution in [1.82, 2.24) is 10.3 Å². The van der Waals surface area contributed by atoms with Crippen molar-refractivity contribution in [3.05, 3.63) is 102 Å². The van der Waals surface area contributed by atoms with E-state index in [0.29, 0.717) is 66.3 Å². The third kappa shape index (κ3) is 17.5. The molecule has 0 aliphatic heterocycles. The number of benzene rings is 2. The van der Waals surface area contributed by atoms with E-state index in [1.165, 1.54) is 0 Å². The second-order valence-corrected chi connectivity index (χ2v) is 17.3. The highest BCUT2D eigenvalue weighted by atomic mass is 127. The molecule has 0 bridgehead atoms.